The maximum absolute atomic E-state index is 12.2. The van der Waals surface area contributed by atoms with E-state index in [2.05, 4.69) is 63.4 Å². The Kier molecular flexibility index (Phi) is 8.34. The van der Waals surface area contributed by atoms with Crippen LogP contribution in [0.1, 0.15) is 76.8 Å². The Morgan fingerprint density at radius 2 is 1.84 bits per heavy atom. The summed E-state index contributed by atoms with van der Waals surface area (Å²) in [6.07, 6.45) is 7.84. The summed E-state index contributed by atoms with van der Waals surface area (Å²) in [6.45, 7) is 9.47. The van der Waals surface area contributed by atoms with Crippen molar-refractivity contribution < 1.29 is 4.79 Å². The van der Waals surface area contributed by atoms with E-state index in [-0.39, 0.29) is 0 Å². The van der Waals surface area contributed by atoms with Gasteiger partial charge in [-0.2, -0.15) is 0 Å². The fourth-order valence-corrected chi connectivity index (χ4v) is 5.21. The lowest BCUT2D eigenvalue weighted by Crippen LogP contribution is -2.10. The van der Waals surface area contributed by atoms with Crippen molar-refractivity contribution in [1.82, 2.24) is 0 Å². The highest BCUT2D eigenvalue weighted by Crippen LogP contribution is 2.33. The van der Waals surface area contributed by atoms with Crippen molar-refractivity contribution in [1.29, 1.82) is 0 Å². The number of ketones is 1. The van der Waals surface area contributed by atoms with Crippen LogP contribution in [0.15, 0.2) is 47.4 Å². The summed E-state index contributed by atoms with van der Waals surface area (Å²) in [4.78, 5) is 13.4. The number of nitrogens with two attached hydrogens (primary N) is 1. The van der Waals surface area contributed by atoms with Crippen molar-refractivity contribution in [2.24, 2.45) is 5.73 Å². The van der Waals surface area contributed by atoms with E-state index in [4.69, 9.17) is 5.73 Å². The number of rotatable bonds is 8. The van der Waals surface area contributed by atoms with Gasteiger partial charge in [-0.25, -0.2) is 0 Å². The van der Waals surface area contributed by atoms with Gasteiger partial charge in [-0.1, -0.05) is 54.6 Å². The third-order valence-electron chi connectivity index (χ3n) is 5.99. The molecule has 0 saturated heterocycles. The summed E-state index contributed by atoms with van der Waals surface area (Å²) in [5, 5.41) is 2.29. The minimum absolute atomic E-state index is 0.292. The third-order valence-corrected chi connectivity index (χ3v) is 7.17. The summed E-state index contributed by atoms with van der Waals surface area (Å²) in [5.41, 5.74) is 15.9. The molecule has 2 N–H and O–H groups in total. The fraction of sp³-hybridized carbons (Fsp3) is 0.393. The summed E-state index contributed by atoms with van der Waals surface area (Å²) in [5.74, 6) is 0.292. The molecule has 0 radical (unpaired) electrons. The van der Waals surface area contributed by atoms with Gasteiger partial charge in [0.05, 0.1) is 0 Å². The van der Waals surface area contributed by atoms with Crippen molar-refractivity contribution in [3.05, 3.63) is 86.3 Å². The van der Waals surface area contributed by atoms with E-state index in [1.54, 1.807) is 11.8 Å². The van der Waals surface area contributed by atoms with Crippen LogP contribution >= 0.6 is 11.8 Å². The van der Waals surface area contributed by atoms with E-state index < -0.39 is 0 Å². The Hall–Kier alpha value is -2.10. The summed E-state index contributed by atoms with van der Waals surface area (Å²) in [7, 11) is 0. The molecule has 2 aromatic carbocycles. The van der Waals surface area contributed by atoms with Gasteiger partial charge in [0.15, 0.2) is 5.78 Å². The third kappa shape index (κ3) is 5.99. The molecule has 0 amide bonds. The molecule has 2 nitrogen and oxygen atoms in total. The second-order valence-corrected chi connectivity index (χ2v) is 9.54. The van der Waals surface area contributed by atoms with Crippen LogP contribution in [-0.2, 0) is 19.3 Å². The first kappa shape index (κ1) is 23.6. The maximum atomic E-state index is 12.2. The van der Waals surface area contributed by atoms with Crippen molar-refractivity contribution in [3.63, 3.8) is 0 Å². The molecule has 0 unspecified atom stereocenters. The van der Waals surface area contributed by atoms with Gasteiger partial charge in [-0.15, -0.1) is 0 Å². The Bertz CT molecular complexity index is 1020. The molecule has 0 aliphatic heterocycles. The lowest BCUT2D eigenvalue weighted by atomic mass is 9.89. The molecule has 0 saturated carbocycles. The standard InChI is InChI=1S/C28H35NOS/c1-5-7-28(24-10-11-26-23(17-24)8-6-9-27(26)30)31-18-19(2)14-25-16-20(3)22(12-13-29)15-21(25)4/h7,10-11,15-18H,5-6,8-9,12-14,29H2,1-4H3/b19-18+,28-7-. The van der Waals surface area contributed by atoms with Crippen LogP contribution in [0.25, 0.3) is 4.91 Å². The normalized spacial score (nSPS) is 14.7. The highest BCUT2D eigenvalue weighted by molar-refractivity contribution is 8.10. The van der Waals surface area contributed by atoms with Crippen molar-refractivity contribution >= 4 is 22.5 Å². The number of carbonyl (C=O) groups is 1. The Morgan fingerprint density at radius 3 is 2.58 bits per heavy atom. The number of Topliss-reactive ketones (excluding diaryl/α,β-unsaturated/α-hetero) is 1. The number of benzene rings is 2. The molecule has 164 valence electrons. The van der Waals surface area contributed by atoms with Crippen LogP contribution in [0.4, 0.5) is 0 Å². The van der Waals surface area contributed by atoms with Gasteiger partial charge in [0.25, 0.3) is 0 Å². The Labute approximate surface area is 192 Å². The minimum Gasteiger partial charge on any atom is -0.330 e. The molecule has 2 aromatic rings. The molecule has 1 aliphatic rings. The number of allylic oxidation sites excluding steroid dienone is 2. The molecule has 1 aliphatic carbocycles. The second-order valence-electron chi connectivity index (χ2n) is 8.63. The molecule has 0 spiro atoms. The van der Waals surface area contributed by atoms with Crippen molar-refractivity contribution in [3.8, 4) is 0 Å². The lowest BCUT2D eigenvalue weighted by molar-refractivity contribution is 0.0972. The molecule has 31 heavy (non-hydrogen) atoms. The van der Waals surface area contributed by atoms with Gasteiger partial charge in [0, 0.05) is 16.9 Å². The first-order chi connectivity index (χ1) is 14.9. The predicted octanol–water partition coefficient (Wildman–Crippen LogP) is 6.95. The second kappa shape index (κ2) is 11.0. The van der Waals surface area contributed by atoms with Crippen LogP contribution in [0.2, 0.25) is 0 Å². The SMILES string of the molecule is CC/C=C(\S/C=C(\C)Cc1cc(C)c(CCN)cc1C)c1ccc2c(c1)CCCC2=O. The summed E-state index contributed by atoms with van der Waals surface area (Å²) in [6, 6.07) is 11.0. The molecular weight excluding hydrogens is 398 g/mol. The molecule has 0 bridgehead atoms. The van der Waals surface area contributed by atoms with Gasteiger partial charge in [-0.3, -0.25) is 4.79 Å². The van der Waals surface area contributed by atoms with E-state index in [0.29, 0.717) is 18.7 Å². The van der Waals surface area contributed by atoms with Crippen molar-refractivity contribution in [2.75, 3.05) is 6.54 Å². The number of fused-ring (bicyclic) bond motifs is 1. The average Bonchev–Trinajstić information content (AvgIpc) is 2.74. The summed E-state index contributed by atoms with van der Waals surface area (Å²) >= 11 is 1.80. The minimum atomic E-state index is 0.292. The van der Waals surface area contributed by atoms with Crippen LogP contribution < -0.4 is 5.73 Å². The molecule has 0 fully saturated rings. The zero-order valence-electron chi connectivity index (χ0n) is 19.4. The smallest absolute Gasteiger partial charge is 0.163 e. The van der Waals surface area contributed by atoms with E-state index >= 15 is 0 Å². The number of carbonyl (C=O) groups excluding carboxylic acids is 1. The lowest BCUT2D eigenvalue weighted by Gasteiger charge is -2.16. The monoisotopic (exact) mass is 433 g/mol. The summed E-state index contributed by atoms with van der Waals surface area (Å²) < 4.78 is 0. The number of hydrogen-bond acceptors (Lipinski definition) is 3. The number of aryl methyl sites for hydroxylation is 3. The molecule has 0 heterocycles. The Morgan fingerprint density at radius 1 is 1.10 bits per heavy atom. The predicted molar refractivity (Wildman–Crippen MR) is 136 cm³/mol. The Balaban J connectivity index is 1.76. The van der Waals surface area contributed by atoms with Crippen LogP contribution in [0.5, 0.6) is 0 Å². The molecule has 0 atom stereocenters. The molecule has 3 rings (SSSR count). The topological polar surface area (TPSA) is 43.1 Å². The van der Waals surface area contributed by atoms with E-state index in [0.717, 1.165) is 37.7 Å². The van der Waals surface area contributed by atoms with Gasteiger partial charge in [-0.05, 0) is 104 Å². The van der Waals surface area contributed by atoms with E-state index in [9.17, 15) is 4.79 Å². The van der Waals surface area contributed by atoms with Gasteiger partial charge < -0.3 is 5.73 Å². The first-order valence-corrected chi connectivity index (χ1v) is 12.3. The fourth-order valence-electron chi connectivity index (χ4n) is 4.28. The van der Waals surface area contributed by atoms with Gasteiger partial charge >= 0.3 is 0 Å². The highest BCUT2D eigenvalue weighted by Gasteiger charge is 2.17. The largest absolute Gasteiger partial charge is 0.330 e. The first-order valence-electron chi connectivity index (χ1n) is 11.4. The molecule has 0 aromatic heterocycles. The van der Waals surface area contributed by atoms with Crippen LogP contribution in [0.3, 0.4) is 0 Å². The zero-order valence-corrected chi connectivity index (χ0v) is 20.2. The molecular formula is C28H35NOS. The van der Waals surface area contributed by atoms with E-state index in [1.165, 1.54) is 43.9 Å². The van der Waals surface area contributed by atoms with Crippen molar-refractivity contribution in [2.45, 2.75) is 66.2 Å². The quantitative estimate of drug-likeness (QED) is 0.489. The highest BCUT2D eigenvalue weighted by atomic mass is 32.2. The van der Waals surface area contributed by atoms with Gasteiger partial charge in [0.2, 0.25) is 0 Å². The number of hydrogen-bond donors (Lipinski definition) is 1. The zero-order chi connectivity index (χ0) is 22.4. The molecule has 3 heteroatoms. The maximum Gasteiger partial charge on any atom is 0.163 e. The van der Waals surface area contributed by atoms with Crippen LogP contribution in [-0.4, -0.2) is 12.3 Å². The van der Waals surface area contributed by atoms with Gasteiger partial charge in [0.1, 0.15) is 0 Å². The number of thioether (sulfide) groups is 1. The van der Waals surface area contributed by atoms with Crippen LogP contribution in [0, 0.1) is 13.8 Å². The van der Waals surface area contributed by atoms with E-state index in [1.807, 2.05) is 6.07 Å². The average molecular weight is 434 g/mol.